The van der Waals surface area contributed by atoms with Crippen molar-refractivity contribution in [3.8, 4) is 0 Å². The summed E-state index contributed by atoms with van der Waals surface area (Å²) in [5.41, 5.74) is 0. The van der Waals surface area contributed by atoms with Gasteiger partial charge in [-0.1, -0.05) is 12.8 Å². The van der Waals surface area contributed by atoms with Crippen LogP contribution in [0.15, 0.2) is 0 Å². The Morgan fingerprint density at radius 2 is 0.905 bits per heavy atom. The first-order valence-electron chi connectivity index (χ1n) is 4.41. The van der Waals surface area contributed by atoms with Crippen molar-refractivity contribution in [1.29, 1.82) is 0 Å². The first-order chi connectivity index (χ1) is 7.21. The second-order valence-corrected chi connectivity index (χ2v) is 4.98. The van der Waals surface area contributed by atoms with Gasteiger partial charge in [-0.15, -0.1) is 0 Å². The van der Waals surface area contributed by atoms with E-state index >= 15 is 0 Å². The molecule has 0 heterocycles. The molecule has 0 saturated carbocycles. The van der Waals surface area contributed by atoms with Crippen LogP contribution in [0.25, 0.3) is 0 Å². The molecule has 138 valence electrons. The molecule has 0 saturated heterocycles. The second kappa shape index (κ2) is 18.3. The van der Waals surface area contributed by atoms with Crippen molar-refractivity contribution in [1.82, 2.24) is 12.3 Å². The normalized spacial score (nSPS) is 9.81. The number of hydrogen-bond donors (Lipinski definition) is 2. The standard InChI is InChI=1S/C6H14O8S2.2H3N.2H2O.Pt/c7-15(8,9)13-5-3-1-2-4-6-14-16(10,11)12;;;;;/h1-6H2,(H,7,8,9)(H,10,11,12);2*1H3;2*1H2;/q;;;;;+2/p-2. The first-order valence-corrected chi connectivity index (χ1v) is 7.08. The summed E-state index contributed by atoms with van der Waals surface area (Å²) in [5, 5.41) is 0. The zero-order valence-electron chi connectivity index (χ0n) is 11.1. The quantitative estimate of drug-likeness (QED) is 0.187. The molecule has 0 fully saturated rings. The van der Waals surface area contributed by atoms with Crippen LogP contribution in [-0.4, -0.2) is 50.1 Å². The van der Waals surface area contributed by atoms with Crippen LogP contribution in [0.2, 0.25) is 0 Å². The van der Waals surface area contributed by atoms with Gasteiger partial charge in [-0.25, -0.2) is 16.8 Å². The van der Waals surface area contributed by atoms with Gasteiger partial charge in [0.1, 0.15) is 0 Å². The Kier molecular flexibility index (Phi) is 32.7. The Balaban J connectivity index is -0.000000112. The van der Waals surface area contributed by atoms with Crippen molar-refractivity contribution in [2.75, 3.05) is 13.2 Å². The molecule has 0 aromatic carbocycles. The molecule has 0 atom stereocenters. The number of unbranched alkanes of at least 4 members (excludes halogenated alkanes) is 3. The fraction of sp³-hybridized carbons (Fsp3) is 1.00. The average Bonchev–Trinajstić information content (AvgIpc) is 2.06. The molecule has 0 amide bonds. The summed E-state index contributed by atoms with van der Waals surface area (Å²) in [6, 6.07) is 0. The number of rotatable bonds is 9. The van der Waals surface area contributed by atoms with E-state index in [0.717, 1.165) is 0 Å². The molecule has 0 rings (SSSR count). The van der Waals surface area contributed by atoms with Gasteiger partial charge >= 0.3 is 21.1 Å². The number of hydrogen-bond acceptors (Lipinski definition) is 10. The van der Waals surface area contributed by atoms with E-state index in [9.17, 15) is 25.9 Å². The molecule has 12 nitrogen and oxygen atoms in total. The summed E-state index contributed by atoms with van der Waals surface area (Å²) < 4.78 is 67.7. The minimum atomic E-state index is -4.64. The van der Waals surface area contributed by atoms with Gasteiger partial charge in [-0.2, -0.15) is 0 Å². The van der Waals surface area contributed by atoms with Crippen LogP contribution in [0.3, 0.4) is 0 Å². The largest absolute Gasteiger partial charge is 2.00 e. The van der Waals surface area contributed by atoms with Gasteiger partial charge in [0.05, 0.1) is 13.2 Å². The Labute approximate surface area is 138 Å². The molecule has 10 N–H and O–H groups in total. The Morgan fingerprint density at radius 1 is 0.667 bits per heavy atom. The Morgan fingerprint density at radius 3 is 1.10 bits per heavy atom. The van der Waals surface area contributed by atoms with Crippen molar-refractivity contribution in [3.63, 3.8) is 0 Å². The SMILES string of the molecule is N.N.O.O.O=S(=O)([O-])OCCCCCCOS(=O)(=O)[O-].[Pt+2]. The van der Waals surface area contributed by atoms with Crippen LogP contribution in [0.1, 0.15) is 25.7 Å². The van der Waals surface area contributed by atoms with E-state index < -0.39 is 20.8 Å². The van der Waals surface area contributed by atoms with Crippen LogP contribution in [-0.2, 0) is 50.2 Å². The Hall–Kier alpha value is 0.268. The van der Waals surface area contributed by atoms with Crippen molar-refractivity contribution in [2.45, 2.75) is 25.7 Å². The molecule has 15 heteroatoms. The zero-order valence-corrected chi connectivity index (χ0v) is 15.0. The molecular formula is C6H22N2O10PtS2. The minimum absolute atomic E-state index is 0. The zero-order chi connectivity index (χ0) is 12.7. The van der Waals surface area contributed by atoms with Gasteiger partial charge in [-0.05, 0) is 12.8 Å². The monoisotopic (exact) mass is 541 g/mol. The third-order valence-corrected chi connectivity index (χ3v) is 2.40. The summed E-state index contributed by atoms with van der Waals surface area (Å²) in [5.74, 6) is 0. The van der Waals surface area contributed by atoms with Gasteiger partial charge < -0.3 is 32.4 Å². The van der Waals surface area contributed by atoms with Crippen LogP contribution in [0, 0.1) is 0 Å². The topological polar surface area (TPSA) is 266 Å². The molecule has 0 bridgehead atoms. The summed E-state index contributed by atoms with van der Waals surface area (Å²) >= 11 is 0. The molecule has 0 aliphatic heterocycles. The summed E-state index contributed by atoms with van der Waals surface area (Å²) in [6.07, 6.45) is 1.78. The van der Waals surface area contributed by atoms with E-state index in [0.29, 0.717) is 25.7 Å². The smallest absolute Gasteiger partial charge is 0.726 e. The molecule has 0 spiro atoms. The minimum Gasteiger partial charge on any atom is -0.726 e. The van der Waals surface area contributed by atoms with Crippen molar-refractivity contribution in [3.05, 3.63) is 0 Å². The summed E-state index contributed by atoms with van der Waals surface area (Å²) in [4.78, 5) is 0. The van der Waals surface area contributed by atoms with E-state index in [4.69, 9.17) is 0 Å². The van der Waals surface area contributed by atoms with Gasteiger partial charge in [0.15, 0.2) is 0 Å². The van der Waals surface area contributed by atoms with Gasteiger partial charge in [0.25, 0.3) is 0 Å². The second-order valence-electron chi connectivity index (χ2n) is 2.87. The average molecular weight is 541 g/mol. The summed E-state index contributed by atoms with van der Waals surface area (Å²) in [6.45, 7) is -0.404. The first kappa shape index (κ1) is 37.5. The maximum Gasteiger partial charge on any atom is 2.00 e. The fourth-order valence-corrected chi connectivity index (χ4v) is 1.52. The molecule has 0 radical (unpaired) electrons. The van der Waals surface area contributed by atoms with Crippen molar-refractivity contribution < 1.29 is 66.3 Å². The molecule has 0 aromatic heterocycles. The maximum atomic E-state index is 9.98. The van der Waals surface area contributed by atoms with Crippen LogP contribution in [0.5, 0.6) is 0 Å². The molecule has 0 aliphatic carbocycles. The molecule has 0 aliphatic rings. The van der Waals surface area contributed by atoms with Crippen LogP contribution < -0.4 is 12.3 Å². The molecule has 0 unspecified atom stereocenters. The van der Waals surface area contributed by atoms with E-state index in [-0.39, 0.29) is 57.5 Å². The van der Waals surface area contributed by atoms with Crippen LogP contribution >= 0.6 is 0 Å². The van der Waals surface area contributed by atoms with Crippen molar-refractivity contribution in [2.24, 2.45) is 0 Å². The predicted molar refractivity (Wildman–Crippen MR) is 67.0 cm³/mol. The van der Waals surface area contributed by atoms with Crippen LogP contribution in [0.4, 0.5) is 0 Å². The fourth-order valence-electron chi connectivity index (χ4n) is 0.880. The molecule has 0 aromatic rings. The Bertz CT molecular complexity index is 348. The van der Waals surface area contributed by atoms with Gasteiger partial charge in [0.2, 0.25) is 20.8 Å². The molecule has 21 heavy (non-hydrogen) atoms. The maximum absolute atomic E-state index is 9.98. The van der Waals surface area contributed by atoms with Gasteiger partial charge in [-0.3, -0.25) is 8.37 Å². The predicted octanol–water partition coefficient (Wildman–Crippen LogP) is -1.83. The van der Waals surface area contributed by atoms with E-state index in [1.54, 1.807) is 0 Å². The van der Waals surface area contributed by atoms with Crippen molar-refractivity contribution >= 4 is 20.8 Å². The van der Waals surface area contributed by atoms with Gasteiger partial charge in [0, 0.05) is 0 Å². The third kappa shape index (κ3) is 38.4. The van der Waals surface area contributed by atoms with E-state index in [2.05, 4.69) is 8.37 Å². The summed E-state index contributed by atoms with van der Waals surface area (Å²) in [7, 11) is -9.27. The molecular weight excluding hydrogens is 519 g/mol. The van der Waals surface area contributed by atoms with E-state index in [1.165, 1.54) is 0 Å². The van der Waals surface area contributed by atoms with E-state index in [1.807, 2.05) is 0 Å². The third-order valence-electron chi connectivity index (χ3n) is 1.49.